The Morgan fingerprint density at radius 3 is 2.23 bits per heavy atom. The molecule has 3 rings (SSSR count). The molecule has 1 heterocycles. The number of hydrogen-bond donors (Lipinski definition) is 2. The first-order chi connectivity index (χ1) is 12.1. The van der Waals surface area contributed by atoms with Crippen molar-refractivity contribution in [3.8, 4) is 11.5 Å². The summed E-state index contributed by atoms with van der Waals surface area (Å²) in [5.41, 5.74) is 1.06. The summed E-state index contributed by atoms with van der Waals surface area (Å²) < 4.78 is 5.69. The monoisotopic (exact) mass is 360 g/mol. The van der Waals surface area contributed by atoms with Gasteiger partial charge in [0, 0.05) is 23.1 Å². The van der Waals surface area contributed by atoms with Crippen LogP contribution >= 0.6 is 0 Å². The second-order valence-electron chi connectivity index (χ2n) is 6.66. The molecular formula is C19H20O7. The number of fused-ring (bicyclic) bond motifs is 2. The standard InChI is InChI=1S/C18H20O5.CO2/c1-7(2)10-6-12(19)14-15(16(10)20)18(22)13-9(4)23-8(3)5-11(13)17(14)21;2-1-3/h6-9,21-22H,5H2,1-4H3;. The molecule has 1 aromatic rings. The van der Waals surface area contributed by atoms with Crippen molar-refractivity contribution < 1.29 is 34.1 Å². The fraction of sp³-hybridized carbons (Fsp3) is 0.421. The van der Waals surface area contributed by atoms with E-state index in [1.165, 1.54) is 6.08 Å². The number of benzene rings is 1. The number of hydrogen-bond acceptors (Lipinski definition) is 7. The van der Waals surface area contributed by atoms with Crippen LogP contribution in [0, 0.1) is 5.92 Å². The van der Waals surface area contributed by atoms with Gasteiger partial charge in [0.1, 0.15) is 11.5 Å². The van der Waals surface area contributed by atoms with Gasteiger partial charge in [-0.1, -0.05) is 13.8 Å². The molecule has 7 nitrogen and oxygen atoms in total. The lowest BCUT2D eigenvalue weighted by Gasteiger charge is -2.32. The molecule has 0 aromatic heterocycles. The molecule has 0 spiro atoms. The Bertz CT molecular complexity index is 842. The van der Waals surface area contributed by atoms with Crippen LogP contribution in [0.5, 0.6) is 11.5 Å². The molecule has 1 aromatic carbocycles. The zero-order valence-electron chi connectivity index (χ0n) is 15.0. The van der Waals surface area contributed by atoms with Crippen molar-refractivity contribution in [3.05, 3.63) is 33.9 Å². The van der Waals surface area contributed by atoms with Gasteiger partial charge in [-0.25, -0.2) is 0 Å². The molecule has 2 N–H and O–H groups in total. The number of carbonyl (C=O) groups excluding carboxylic acids is 4. The highest BCUT2D eigenvalue weighted by Crippen LogP contribution is 2.47. The van der Waals surface area contributed by atoms with Gasteiger partial charge in [-0.15, -0.1) is 0 Å². The molecule has 138 valence electrons. The van der Waals surface area contributed by atoms with Gasteiger partial charge < -0.3 is 14.9 Å². The molecule has 0 saturated carbocycles. The highest BCUT2D eigenvalue weighted by molar-refractivity contribution is 6.27. The SMILES string of the molecule is CC1Cc2c(O)c3c(c(O)c2C(C)O1)C(=O)C(C(C)C)=CC3=O.O=C=O. The third-order valence-electron chi connectivity index (χ3n) is 4.57. The van der Waals surface area contributed by atoms with Gasteiger partial charge in [0.05, 0.1) is 23.3 Å². The maximum absolute atomic E-state index is 12.7. The average Bonchev–Trinajstić information content (AvgIpc) is 2.54. The zero-order valence-corrected chi connectivity index (χ0v) is 15.0. The van der Waals surface area contributed by atoms with Gasteiger partial charge in [0.15, 0.2) is 11.6 Å². The number of aromatic hydroxyl groups is 2. The molecular weight excluding hydrogens is 340 g/mol. The number of ketones is 2. The Morgan fingerprint density at radius 1 is 1.12 bits per heavy atom. The number of phenols is 2. The van der Waals surface area contributed by atoms with Crippen LogP contribution in [0.2, 0.25) is 0 Å². The average molecular weight is 360 g/mol. The number of rotatable bonds is 1. The van der Waals surface area contributed by atoms with Gasteiger partial charge >= 0.3 is 6.15 Å². The smallest absolute Gasteiger partial charge is 0.373 e. The molecule has 0 fully saturated rings. The summed E-state index contributed by atoms with van der Waals surface area (Å²) in [4.78, 5) is 41.4. The number of carbonyl (C=O) groups is 2. The van der Waals surface area contributed by atoms with E-state index < -0.39 is 17.7 Å². The van der Waals surface area contributed by atoms with Crippen LogP contribution in [0.1, 0.15) is 65.6 Å². The van der Waals surface area contributed by atoms with Crippen LogP contribution in [0.4, 0.5) is 0 Å². The third kappa shape index (κ3) is 3.07. The van der Waals surface area contributed by atoms with Crippen LogP contribution in [-0.2, 0) is 20.7 Å². The van der Waals surface area contributed by atoms with Crippen LogP contribution in [-0.4, -0.2) is 34.0 Å². The van der Waals surface area contributed by atoms with E-state index in [1.54, 1.807) is 6.92 Å². The second kappa shape index (κ2) is 7.23. The molecule has 2 atom stereocenters. The van der Waals surface area contributed by atoms with Crippen LogP contribution in [0.25, 0.3) is 0 Å². The summed E-state index contributed by atoms with van der Waals surface area (Å²) in [5, 5.41) is 21.2. The number of ether oxygens (including phenoxy) is 1. The van der Waals surface area contributed by atoms with Crippen LogP contribution in [0.15, 0.2) is 11.6 Å². The summed E-state index contributed by atoms with van der Waals surface area (Å²) in [6.07, 6.45) is 1.31. The highest BCUT2D eigenvalue weighted by Gasteiger charge is 2.38. The van der Waals surface area contributed by atoms with Crippen molar-refractivity contribution in [2.75, 3.05) is 0 Å². The van der Waals surface area contributed by atoms with E-state index in [2.05, 4.69) is 0 Å². The van der Waals surface area contributed by atoms with Gasteiger partial charge in [0.25, 0.3) is 0 Å². The summed E-state index contributed by atoms with van der Waals surface area (Å²) in [5.74, 6) is -1.43. The second-order valence-corrected chi connectivity index (χ2v) is 6.66. The van der Waals surface area contributed by atoms with E-state index in [4.69, 9.17) is 14.3 Å². The zero-order chi connectivity index (χ0) is 19.8. The van der Waals surface area contributed by atoms with E-state index in [0.717, 1.165) is 0 Å². The van der Waals surface area contributed by atoms with Crippen LogP contribution in [0.3, 0.4) is 0 Å². The molecule has 1 aliphatic heterocycles. The summed E-state index contributed by atoms with van der Waals surface area (Å²) in [6.45, 7) is 7.24. The van der Waals surface area contributed by atoms with Crippen molar-refractivity contribution in [1.82, 2.24) is 0 Å². The Labute approximate surface area is 150 Å². The van der Waals surface area contributed by atoms with Crippen molar-refractivity contribution in [2.45, 2.75) is 46.3 Å². The number of Topliss-reactive ketones (excluding diaryl/α,β-unsaturated/α-hetero) is 1. The third-order valence-corrected chi connectivity index (χ3v) is 4.57. The Balaban J connectivity index is 0.000000758. The van der Waals surface area contributed by atoms with E-state index in [9.17, 15) is 19.8 Å². The molecule has 0 amide bonds. The predicted octanol–water partition coefficient (Wildman–Crippen LogP) is 2.50. The summed E-state index contributed by atoms with van der Waals surface area (Å²) in [6, 6.07) is 0. The first-order valence-corrected chi connectivity index (χ1v) is 8.21. The van der Waals surface area contributed by atoms with E-state index in [-0.39, 0.29) is 40.8 Å². The first-order valence-electron chi connectivity index (χ1n) is 8.21. The van der Waals surface area contributed by atoms with Crippen molar-refractivity contribution >= 4 is 17.7 Å². The summed E-state index contributed by atoms with van der Waals surface area (Å²) in [7, 11) is 0. The largest absolute Gasteiger partial charge is 0.507 e. The fourth-order valence-electron chi connectivity index (χ4n) is 3.50. The Morgan fingerprint density at radius 2 is 1.69 bits per heavy atom. The van der Waals surface area contributed by atoms with E-state index in [0.29, 0.717) is 23.1 Å². The first kappa shape index (κ1) is 19.6. The molecule has 0 saturated heterocycles. The molecule has 26 heavy (non-hydrogen) atoms. The van der Waals surface area contributed by atoms with E-state index >= 15 is 0 Å². The number of phenolic OH excluding ortho intramolecular Hbond substituents is 2. The molecule has 0 radical (unpaired) electrons. The van der Waals surface area contributed by atoms with Crippen molar-refractivity contribution in [2.24, 2.45) is 5.92 Å². The molecule has 2 unspecified atom stereocenters. The minimum atomic E-state index is -0.457. The predicted molar refractivity (Wildman–Crippen MR) is 89.0 cm³/mol. The van der Waals surface area contributed by atoms with Crippen molar-refractivity contribution in [1.29, 1.82) is 0 Å². The van der Waals surface area contributed by atoms with Crippen LogP contribution < -0.4 is 0 Å². The topological polar surface area (TPSA) is 118 Å². The van der Waals surface area contributed by atoms with Gasteiger partial charge in [-0.2, -0.15) is 9.59 Å². The number of allylic oxidation sites excluding steroid dienone is 2. The fourth-order valence-corrected chi connectivity index (χ4v) is 3.50. The maximum Gasteiger partial charge on any atom is 0.373 e. The lowest BCUT2D eigenvalue weighted by Crippen LogP contribution is -2.26. The minimum Gasteiger partial charge on any atom is -0.507 e. The van der Waals surface area contributed by atoms with Gasteiger partial charge in [-0.05, 0) is 25.8 Å². The molecule has 0 bridgehead atoms. The quantitative estimate of drug-likeness (QED) is 0.739. The molecule has 7 heteroatoms. The van der Waals surface area contributed by atoms with Gasteiger partial charge in [-0.3, -0.25) is 9.59 Å². The normalized spacial score (nSPS) is 21.2. The Hall–Kier alpha value is -2.76. The minimum absolute atomic E-state index is 0.0862. The van der Waals surface area contributed by atoms with E-state index in [1.807, 2.05) is 20.8 Å². The Kier molecular flexibility index (Phi) is 5.44. The van der Waals surface area contributed by atoms with Gasteiger partial charge in [0.2, 0.25) is 0 Å². The lowest BCUT2D eigenvalue weighted by molar-refractivity contribution is -0.191. The lowest BCUT2D eigenvalue weighted by atomic mass is 9.79. The molecule has 1 aliphatic carbocycles. The van der Waals surface area contributed by atoms with Crippen molar-refractivity contribution in [3.63, 3.8) is 0 Å². The summed E-state index contributed by atoms with van der Waals surface area (Å²) >= 11 is 0. The molecule has 2 aliphatic rings. The maximum atomic E-state index is 12.7. The highest BCUT2D eigenvalue weighted by atomic mass is 16.5.